The highest BCUT2D eigenvalue weighted by Gasteiger charge is 2.10. The minimum atomic E-state index is -0.00976. The van der Waals surface area contributed by atoms with Gasteiger partial charge in [-0.05, 0) is 37.5 Å². The topological polar surface area (TPSA) is 58.6 Å². The third kappa shape index (κ3) is 5.75. The van der Waals surface area contributed by atoms with E-state index in [4.69, 9.17) is 9.84 Å². The minimum Gasteiger partial charge on any atom is -0.494 e. The Morgan fingerprint density at radius 2 is 2.00 bits per heavy atom. The molecule has 1 aromatic rings. The first-order chi connectivity index (χ1) is 9.19. The van der Waals surface area contributed by atoms with Gasteiger partial charge in [-0.25, -0.2) is 0 Å². The molecule has 0 saturated heterocycles. The average Bonchev–Trinajstić information content (AvgIpc) is 2.41. The zero-order chi connectivity index (χ0) is 14.1. The molecule has 106 valence electrons. The molecule has 4 heteroatoms. The fourth-order valence-electron chi connectivity index (χ4n) is 1.87. The third-order valence-corrected chi connectivity index (χ3v) is 2.93. The van der Waals surface area contributed by atoms with Gasteiger partial charge in [0.25, 0.3) is 0 Å². The number of hydrogen-bond acceptors (Lipinski definition) is 3. The Balaban J connectivity index is 2.47. The van der Waals surface area contributed by atoms with Crippen LogP contribution in [0.3, 0.4) is 0 Å². The van der Waals surface area contributed by atoms with Crippen molar-refractivity contribution in [1.29, 1.82) is 0 Å². The summed E-state index contributed by atoms with van der Waals surface area (Å²) in [7, 11) is 0. The molecule has 0 aliphatic heterocycles. The maximum atomic E-state index is 11.8. The van der Waals surface area contributed by atoms with Crippen molar-refractivity contribution in [2.75, 3.05) is 13.2 Å². The normalized spacial score (nSPS) is 11.9. The fourth-order valence-corrected chi connectivity index (χ4v) is 1.87. The molecule has 19 heavy (non-hydrogen) atoms. The molecule has 1 aromatic carbocycles. The van der Waals surface area contributed by atoms with Gasteiger partial charge in [0.2, 0.25) is 5.91 Å². The SMILES string of the molecule is CCOc1ccc(CC(=O)NC(CC)CCO)cc1. The molecule has 0 bridgehead atoms. The molecular weight excluding hydrogens is 242 g/mol. The van der Waals surface area contributed by atoms with Crippen molar-refractivity contribution in [3.8, 4) is 5.75 Å². The number of nitrogens with one attached hydrogen (secondary N) is 1. The lowest BCUT2D eigenvalue weighted by Crippen LogP contribution is -2.36. The summed E-state index contributed by atoms with van der Waals surface area (Å²) in [6.07, 6.45) is 1.79. The van der Waals surface area contributed by atoms with Gasteiger partial charge in [0.1, 0.15) is 5.75 Å². The summed E-state index contributed by atoms with van der Waals surface area (Å²) >= 11 is 0. The number of amides is 1. The van der Waals surface area contributed by atoms with Crippen LogP contribution in [0.25, 0.3) is 0 Å². The Morgan fingerprint density at radius 1 is 1.32 bits per heavy atom. The number of carbonyl (C=O) groups excluding carboxylic acids is 1. The van der Waals surface area contributed by atoms with E-state index in [2.05, 4.69) is 5.32 Å². The van der Waals surface area contributed by atoms with Gasteiger partial charge < -0.3 is 15.2 Å². The van der Waals surface area contributed by atoms with Gasteiger partial charge in [0.05, 0.1) is 13.0 Å². The Labute approximate surface area is 114 Å². The molecule has 0 heterocycles. The molecule has 0 aliphatic rings. The molecule has 1 atom stereocenters. The van der Waals surface area contributed by atoms with E-state index in [0.29, 0.717) is 19.4 Å². The number of aliphatic hydroxyl groups is 1. The van der Waals surface area contributed by atoms with E-state index in [1.807, 2.05) is 38.1 Å². The molecule has 0 saturated carbocycles. The van der Waals surface area contributed by atoms with E-state index in [1.165, 1.54) is 0 Å². The Morgan fingerprint density at radius 3 is 2.53 bits per heavy atom. The van der Waals surface area contributed by atoms with Crippen LogP contribution in [0, 0.1) is 0 Å². The van der Waals surface area contributed by atoms with Gasteiger partial charge in [-0.1, -0.05) is 19.1 Å². The van der Waals surface area contributed by atoms with Crippen LogP contribution in [0.1, 0.15) is 32.3 Å². The maximum absolute atomic E-state index is 11.8. The first-order valence-electron chi connectivity index (χ1n) is 6.81. The lowest BCUT2D eigenvalue weighted by atomic mass is 10.1. The van der Waals surface area contributed by atoms with Gasteiger partial charge in [-0.2, -0.15) is 0 Å². The van der Waals surface area contributed by atoms with E-state index in [0.717, 1.165) is 17.7 Å². The summed E-state index contributed by atoms with van der Waals surface area (Å²) in [5, 5.41) is 11.8. The fraction of sp³-hybridized carbons (Fsp3) is 0.533. The number of hydrogen-bond donors (Lipinski definition) is 2. The monoisotopic (exact) mass is 265 g/mol. The molecule has 4 nitrogen and oxygen atoms in total. The van der Waals surface area contributed by atoms with Crippen LogP contribution >= 0.6 is 0 Å². The summed E-state index contributed by atoms with van der Waals surface area (Å²) in [6.45, 7) is 4.67. The van der Waals surface area contributed by atoms with E-state index < -0.39 is 0 Å². The molecule has 0 aliphatic carbocycles. The smallest absolute Gasteiger partial charge is 0.224 e. The maximum Gasteiger partial charge on any atom is 0.224 e. The van der Waals surface area contributed by atoms with E-state index in [9.17, 15) is 4.79 Å². The Bertz CT molecular complexity index is 375. The minimum absolute atomic E-state index is 0.00976. The molecule has 0 radical (unpaired) electrons. The van der Waals surface area contributed by atoms with Crippen LogP contribution in [0.5, 0.6) is 5.75 Å². The van der Waals surface area contributed by atoms with E-state index >= 15 is 0 Å². The van der Waals surface area contributed by atoms with Gasteiger partial charge in [0.15, 0.2) is 0 Å². The second-order valence-electron chi connectivity index (χ2n) is 4.44. The van der Waals surface area contributed by atoms with Crippen LogP contribution in [-0.2, 0) is 11.2 Å². The van der Waals surface area contributed by atoms with Crippen LogP contribution in [0.4, 0.5) is 0 Å². The Kier molecular flexibility index (Phi) is 6.97. The quantitative estimate of drug-likeness (QED) is 0.755. The summed E-state index contributed by atoms with van der Waals surface area (Å²) in [5.74, 6) is 0.808. The molecule has 2 N–H and O–H groups in total. The van der Waals surface area contributed by atoms with Crippen molar-refractivity contribution in [3.63, 3.8) is 0 Å². The van der Waals surface area contributed by atoms with Crippen molar-refractivity contribution in [3.05, 3.63) is 29.8 Å². The van der Waals surface area contributed by atoms with Crippen LogP contribution in [-0.4, -0.2) is 30.3 Å². The summed E-state index contributed by atoms with van der Waals surface area (Å²) < 4.78 is 5.35. The number of benzene rings is 1. The number of carbonyl (C=O) groups is 1. The number of rotatable bonds is 8. The highest BCUT2D eigenvalue weighted by atomic mass is 16.5. The first-order valence-corrected chi connectivity index (χ1v) is 6.81. The van der Waals surface area contributed by atoms with Crippen LogP contribution in [0.15, 0.2) is 24.3 Å². The number of aliphatic hydroxyl groups excluding tert-OH is 1. The predicted octanol–water partition coefficient (Wildman–Crippen LogP) is 1.90. The van der Waals surface area contributed by atoms with Gasteiger partial charge in [-0.15, -0.1) is 0 Å². The first kappa shape index (κ1) is 15.5. The van der Waals surface area contributed by atoms with Gasteiger partial charge in [0, 0.05) is 12.6 Å². The van der Waals surface area contributed by atoms with Crippen LogP contribution < -0.4 is 10.1 Å². The molecule has 1 unspecified atom stereocenters. The second kappa shape index (κ2) is 8.53. The highest BCUT2D eigenvalue weighted by Crippen LogP contribution is 2.12. The predicted molar refractivity (Wildman–Crippen MR) is 75.2 cm³/mol. The molecule has 0 spiro atoms. The standard InChI is InChI=1S/C15H23NO3/c1-3-13(9-10-17)16-15(18)11-12-5-7-14(8-6-12)19-4-2/h5-8,13,17H,3-4,9-11H2,1-2H3,(H,16,18). The van der Waals surface area contributed by atoms with Gasteiger partial charge >= 0.3 is 0 Å². The lowest BCUT2D eigenvalue weighted by molar-refractivity contribution is -0.121. The highest BCUT2D eigenvalue weighted by molar-refractivity contribution is 5.78. The summed E-state index contributed by atoms with van der Waals surface area (Å²) in [4.78, 5) is 11.8. The van der Waals surface area contributed by atoms with Crippen molar-refractivity contribution >= 4 is 5.91 Å². The number of ether oxygens (including phenoxy) is 1. The zero-order valence-electron chi connectivity index (χ0n) is 11.7. The summed E-state index contributed by atoms with van der Waals surface area (Å²) in [6, 6.07) is 7.60. The van der Waals surface area contributed by atoms with E-state index in [-0.39, 0.29) is 18.6 Å². The molecule has 1 amide bonds. The zero-order valence-corrected chi connectivity index (χ0v) is 11.7. The van der Waals surface area contributed by atoms with Crippen molar-refractivity contribution in [1.82, 2.24) is 5.32 Å². The molecule has 0 fully saturated rings. The molecule has 0 aromatic heterocycles. The lowest BCUT2D eigenvalue weighted by Gasteiger charge is -2.15. The second-order valence-corrected chi connectivity index (χ2v) is 4.44. The summed E-state index contributed by atoms with van der Waals surface area (Å²) in [5.41, 5.74) is 0.958. The van der Waals surface area contributed by atoms with Crippen molar-refractivity contribution < 1.29 is 14.6 Å². The third-order valence-electron chi connectivity index (χ3n) is 2.93. The van der Waals surface area contributed by atoms with Crippen LogP contribution in [0.2, 0.25) is 0 Å². The molecule has 1 rings (SSSR count). The molecular formula is C15H23NO3. The van der Waals surface area contributed by atoms with E-state index in [1.54, 1.807) is 0 Å². The Hall–Kier alpha value is -1.55. The van der Waals surface area contributed by atoms with Crippen molar-refractivity contribution in [2.45, 2.75) is 39.2 Å². The van der Waals surface area contributed by atoms with Gasteiger partial charge in [-0.3, -0.25) is 4.79 Å². The van der Waals surface area contributed by atoms with Crippen molar-refractivity contribution in [2.24, 2.45) is 0 Å². The average molecular weight is 265 g/mol. The largest absolute Gasteiger partial charge is 0.494 e.